The monoisotopic (exact) mass is 336 g/mol. The van der Waals surface area contributed by atoms with E-state index in [9.17, 15) is 4.79 Å². The lowest BCUT2D eigenvalue weighted by atomic mass is 9.91. The number of rotatable bonds is 3. The van der Waals surface area contributed by atoms with Crippen molar-refractivity contribution >= 4 is 22.7 Å². The van der Waals surface area contributed by atoms with Crippen LogP contribution in [0.2, 0.25) is 0 Å². The first-order valence-electron chi connectivity index (χ1n) is 8.37. The molecule has 0 aliphatic carbocycles. The average Bonchev–Trinajstić information content (AvgIpc) is 3.07. The Morgan fingerprint density at radius 2 is 2.08 bits per heavy atom. The Morgan fingerprint density at radius 3 is 2.88 bits per heavy atom. The zero-order valence-corrected chi connectivity index (χ0v) is 14.6. The van der Waals surface area contributed by atoms with Gasteiger partial charge in [-0.1, -0.05) is 24.3 Å². The molecule has 0 bridgehead atoms. The van der Waals surface area contributed by atoms with Gasteiger partial charge in [-0.15, -0.1) is 0 Å². The predicted molar refractivity (Wildman–Crippen MR) is 95.9 cm³/mol. The zero-order valence-electron chi connectivity index (χ0n) is 14.6. The highest BCUT2D eigenvalue weighted by atomic mass is 16.5. The summed E-state index contributed by atoms with van der Waals surface area (Å²) < 4.78 is 12.1. The van der Waals surface area contributed by atoms with Gasteiger partial charge in [0.2, 0.25) is 5.91 Å². The van der Waals surface area contributed by atoms with Crippen molar-refractivity contribution in [3.05, 3.63) is 53.4 Å². The van der Waals surface area contributed by atoms with E-state index in [4.69, 9.17) is 9.15 Å². The second-order valence-corrected chi connectivity index (χ2v) is 6.88. The molecule has 0 radical (unpaired) electrons. The molecule has 5 nitrogen and oxygen atoms in total. The molecule has 0 spiro atoms. The minimum Gasteiger partial charge on any atom is -0.484 e. The van der Waals surface area contributed by atoms with E-state index in [1.807, 2.05) is 37.3 Å². The first kappa shape index (κ1) is 15.7. The first-order chi connectivity index (χ1) is 11.9. The Balaban J connectivity index is 1.66. The van der Waals surface area contributed by atoms with E-state index in [0.717, 1.165) is 40.1 Å². The highest BCUT2D eigenvalue weighted by Gasteiger charge is 2.37. The fourth-order valence-electron chi connectivity index (χ4n) is 3.58. The number of aromatic nitrogens is 1. The normalized spacial score (nSPS) is 18.8. The molecule has 1 aliphatic heterocycles. The molecule has 25 heavy (non-hydrogen) atoms. The third kappa shape index (κ3) is 2.86. The number of para-hydroxylation sites is 2. The molecule has 1 N–H and O–H groups in total. The number of anilines is 1. The van der Waals surface area contributed by atoms with Gasteiger partial charge in [-0.05, 0) is 19.1 Å². The number of amides is 1. The minimum atomic E-state index is -0.397. The van der Waals surface area contributed by atoms with Crippen LogP contribution in [0.15, 0.2) is 40.8 Å². The average molecular weight is 336 g/mol. The predicted octanol–water partition coefficient (Wildman–Crippen LogP) is 4.03. The van der Waals surface area contributed by atoms with Crippen molar-refractivity contribution in [3.8, 4) is 5.75 Å². The van der Waals surface area contributed by atoms with Crippen LogP contribution in [-0.4, -0.2) is 16.5 Å². The smallest absolute Gasteiger partial charge is 0.221 e. The van der Waals surface area contributed by atoms with Gasteiger partial charge >= 0.3 is 0 Å². The highest BCUT2D eigenvalue weighted by molar-refractivity contribution is 5.91. The molecule has 3 aromatic rings. The molecule has 0 saturated carbocycles. The molecule has 2 heterocycles. The van der Waals surface area contributed by atoms with Crippen LogP contribution < -0.4 is 10.1 Å². The van der Waals surface area contributed by atoms with Crippen molar-refractivity contribution in [2.75, 3.05) is 5.32 Å². The Kier molecular flexibility index (Phi) is 3.53. The number of fused-ring (bicyclic) bond motifs is 2. The molecule has 2 aromatic carbocycles. The van der Waals surface area contributed by atoms with Gasteiger partial charge in [0.15, 0.2) is 11.5 Å². The van der Waals surface area contributed by atoms with Crippen molar-refractivity contribution in [2.24, 2.45) is 0 Å². The SMILES string of the molecule is CC(=O)Nc1cccc2c1OC(C)(Cc1cccc3nc(C)oc13)C2. The third-order valence-corrected chi connectivity index (χ3v) is 4.49. The van der Waals surface area contributed by atoms with E-state index >= 15 is 0 Å². The summed E-state index contributed by atoms with van der Waals surface area (Å²) in [7, 11) is 0. The second kappa shape index (κ2) is 5.62. The molecule has 1 aliphatic rings. The summed E-state index contributed by atoms with van der Waals surface area (Å²) in [6.45, 7) is 5.44. The molecule has 1 atom stereocenters. The quantitative estimate of drug-likeness (QED) is 0.784. The maximum absolute atomic E-state index is 11.4. The first-order valence-corrected chi connectivity index (χ1v) is 8.37. The summed E-state index contributed by atoms with van der Waals surface area (Å²) in [4.78, 5) is 15.8. The number of hydrogen-bond acceptors (Lipinski definition) is 4. The molecule has 128 valence electrons. The Hall–Kier alpha value is -2.82. The van der Waals surface area contributed by atoms with Gasteiger partial charge in [-0.3, -0.25) is 4.79 Å². The second-order valence-electron chi connectivity index (χ2n) is 6.88. The molecule has 1 amide bonds. The van der Waals surface area contributed by atoms with Gasteiger partial charge in [-0.2, -0.15) is 0 Å². The van der Waals surface area contributed by atoms with Gasteiger partial charge in [0.1, 0.15) is 16.9 Å². The van der Waals surface area contributed by atoms with E-state index < -0.39 is 5.60 Å². The summed E-state index contributed by atoms with van der Waals surface area (Å²) in [6, 6.07) is 11.9. The summed E-state index contributed by atoms with van der Waals surface area (Å²) in [5.41, 5.74) is 4.20. The Bertz CT molecular complexity index is 976. The molecule has 1 aromatic heterocycles. The summed E-state index contributed by atoms with van der Waals surface area (Å²) in [5, 5.41) is 2.85. The lowest BCUT2D eigenvalue weighted by molar-refractivity contribution is -0.114. The Morgan fingerprint density at radius 1 is 1.28 bits per heavy atom. The van der Waals surface area contributed by atoms with E-state index in [1.165, 1.54) is 6.92 Å². The van der Waals surface area contributed by atoms with Gasteiger partial charge < -0.3 is 14.5 Å². The van der Waals surface area contributed by atoms with E-state index in [2.05, 4.69) is 23.3 Å². The van der Waals surface area contributed by atoms with E-state index in [0.29, 0.717) is 12.3 Å². The van der Waals surface area contributed by atoms with Crippen molar-refractivity contribution in [2.45, 2.75) is 39.2 Å². The van der Waals surface area contributed by atoms with Crippen LogP contribution in [0.1, 0.15) is 30.9 Å². The molecule has 1 unspecified atom stereocenters. The van der Waals surface area contributed by atoms with Crippen LogP contribution in [-0.2, 0) is 17.6 Å². The van der Waals surface area contributed by atoms with Crippen molar-refractivity contribution in [1.29, 1.82) is 0 Å². The maximum Gasteiger partial charge on any atom is 0.221 e. The van der Waals surface area contributed by atoms with Gasteiger partial charge in [0, 0.05) is 37.8 Å². The summed E-state index contributed by atoms with van der Waals surface area (Å²) in [6.07, 6.45) is 1.48. The number of benzene rings is 2. The number of carbonyl (C=O) groups is 1. The number of oxazole rings is 1. The lowest BCUT2D eigenvalue weighted by Crippen LogP contribution is -2.33. The van der Waals surface area contributed by atoms with E-state index in [1.54, 1.807) is 0 Å². The number of nitrogens with zero attached hydrogens (tertiary/aromatic N) is 1. The van der Waals surface area contributed by atoms with Crippen LogP contribution in [0.3, 0.4) is 0 Å². The van der Waals surface area contributed by atoms with Crippen LogP contribution in [0.4, 0.5) is 5.69 Å². The molecular formula is C20H20N2O3. The molecule has 4 rings (SSSR count). The van der Waals surface area contributed by atoms with Crippen molar-refractivity contribution in [3.63, 3.8) is 0 Å². The number of nitrogens with one attached hydrogen (secondary N) is 1. The van der Waals surface area contributed by atoms with Crippen LogP contribution >= 0.6 is 0 Å². The largest absolute Gasteiger partial charge is 0.484 e. The van der Waals surface area contributed by atoms with Crippen molar-refractivity contribution in [1.82, 2.24) is 4.98 Å². The Labute approximate surface area is 146 Å². The van der Waals surface area contributed by atoms with Gasteiger partial charge in [0.25, 0.3) is 0 Å². The van der Waals surface area contributed by atoms with Crippen LogP contribution in [0.5, 0.6) is 5.75 Å². The van der Waals surface area contributed by atoms with Gasteiger partial charge in [-0.25, -0.2) is 4.98 Å². The third-order valence-electron chi connectivity index (χ3n) is 4.49. The number of aryl methyl sites for hydroxylation is 1. The molecule has 5 heteroatoms. The maximum atomic E-state index is 11.4. The molecular weight excluding hydrogens is 316 g/mol. The number of ether oxygens (including phenoxy) is 1. The number of hydrogen-bond donors (Lipinski definition) is 1. The van der Waals surface area contributed by atoms with E-state index in [-0.39, 0.29) is 5.91 Å². The fraction of sp³-hybridized carbons (Fsp3) is 0.300. The lowest BCUT2D eigenvalue weighted by Gasteiger charge is -2.24. The topological polar surface area (TPSA) is 64.4 Å². The summed E-state index contributed by atoms with van der Waals surface area (Å²) >= 11 is 0. The zero-order chi connectivity index (χ0) is 17.6. The van der Waals surface area contributed by atoms with Crippen LogP contribution in [0, 0.1) is 6.92 Å². The highest BCUT2D eigenvalue weighted by Crippen LogP contribution is 2.42. The standard InChI is InChI=1S/C20H20N2O3/c1-12(23)21-17-9-5-7-15-11-20(3,25-19(15)17)10-14-6-4-8-16-18(14)24-13(2)22-16/h4-9H,10-11H2,1-3H3,(H,21,23). The van der Waals surface area contributed by atoms with Crippen molar-refractivity contribution < 1.29 is 13.9 Å². The minimum absolute atomic E-state index is 0.104. The van der Waals surface area contributed by atoms with Gasteiger partial charge in [0.05, 0.1) is 5.69 Å². The fourth-order valence-corrected chi connectivity index (χ4v) is 3.58. The van der Waals surface area contributed by atoms with Crippen LogP contribution in [0.25, 0.3) is 11.1 Å². The summed E-state index contributed by atoms with van der Waals surface area (Å²) in [5.74, 6) is 1.32. The molecule has 0 fully saturated rings. The molecule has 0 saturated heterocycles. The number of carbonyl (C=O) groups excluding carboxylic acids is 1.